The zero-order valence-corrected chi connectivity index (χ0v) is 11.0. The van der Waals surface area contributed by atoms with Gasteiger partial charge in [-0.05, 0) is 16.7 Å². The minimum absolute atomic E-state index is 0.423. The summed E-state index contributed by atoms with van der Waals surface area (Å²) < 4.78 is 5.09. The number of nitrogens with two attached hydrogens (primary N) is 1. The van der Waals surface area contributed by atoms with Gasteiger partial charge in [0, 0.05) is 12.7 Å². The minimum atomic E-state index is 0.423. The Balaban J connectivity index is 2.39. The van der Waals surface area contributed by atoms with Crippen molar-refractivity contribution in [2.24, 2.45) is 5.73 Å². The Morgan fingerprint density at radius 2 is 1.78 bits per heavy atom. The molecule has 0 amide bonds. The first-order valence-electron chi connectivity index (χ1n) is 5.69. The number of methoxy groups -OCH3 is 1. The van der Waals surface area contributed by atoms with E-state index in [-0.39, 0.29) is 0 Å². The Hall–Kier alpha value is -1.71. The minimum Gasteiger partial charge on any atom is -0.389 e. The van der Waals surface area contributed by atoms with E-state index in [1.807, 2.05) is 24.3 Å². The van der Waals surface area contributed by atoms with Crippen LogP contribution in [0.2, 0.25) is 0 Å². The summed E-state index contributed by atoms with van der Waals surface area (Å²) >= 11 is 5.07. The summed E-state index contributed by atoms with van der Waals surface area (Å²) in [5.74, 6) is 0. The van der Waals surface area contributed by atoms with Crippen molar-refractivity contribution >= 4 is 17.2 Å². The van der Waals surface area contributed by atoms with Gasteiger partial charge in [-0.25, -0.2) is 0 Å². The Bertz CT molecular complexity index is 549. The van der Waals surface area contributed by atoms with E-state index >= 15 is 0 Å². The van der Waals surface area contributed by atoms with E-state index in [9.17, 15) is 0 Å². The molecule has 18 heavy (non-hydrogen) atoms. The molecular formula is C15H15NOS. The lowest BCUT2D eigenvalue weighted by molar-refractivity contribution is 0.185. The van der Waals surface area contributed by atoms with Crippen LogP contribution in [0.4, 0.5) is 0 Å². The monoisotopic (exact) mass is 257 g/mol. The summed E-state index contributed by atoms with van der Waals surface area (Å²) in [6, 6.07) is 16.1. The molecule has 0 saturated carbocycles. The van der Waals surface area contributed by atoms with Crippen LogP contribution in [0.15, 0.2) is 48.5 Å². The predicted molar refractivity (Wildman–Crippen MR) is 78.5 cm³/mol. The number of hydrogen-bond acceptors (Lipinski definition) is 2. The Labute approximate surface area is 112 Å². The highest BCUT2D eigenvalue weighted by Crippen LogP contribution is 2.24. The van der Waals surface area contributed by atoms with Crippen molar-refractivity contribution in [1.82, 2.24) is 0 Å². The molecular weight excluding hydrogens is 242 g/mol. The fraction of sp³-hybridized carbons (Fsp3) is 0.133. The molecule has 92 valence electrons. The first-order valence-corrected chi connectivity index (χ1v) is 6.10. The fourth-order valence-corrected chi connectivity index (χ4v) is 2.07. The highest BCUT2D eigenvalue weighted by Gasteiger charge is 2.06. The quantitative estimate of drug-likeness (QED) is 0.855. The molecule has 0 fully saturated rings. The van der Waals surface area contributed by atoms with E-state index in [0.29, 0.717) is 11.6 Å². The molecule has 2 nitrogen and oxygen atoms in total. The number of benzene rings is 2. The molecule has 2 aromatic carbocycles. The average molecular weight is 257 g/mol. The molecule has 0 spiro atoms. The van der Waals surface area contributed by atoms with Crippen molar-refractivity contribution < 1.29 is 4.74 Å². The van der Waals surface area contributed by atoms with Crippen molar-refractivity contribution in [1.29, 1.82) is 0 Å². The molecule has 3 heteroatoms. The third kappa shape index (κ3) is 2.75. The summed E-state index contributed by atoms with van der Waals surface area (Å²) in [7, 11) is 1.69. The third-order valence-electron chi connectivity index (χ3n) is 2.77. The van der Waals surface area contributed by atoms with Crippen LogP contribution < -0.4 is 5.73 Å². The molecule has 0 heterocycles. The zero-order valence-electron chi connectivity index (χ0n) is 10.2. The summed E-state index contributed by atoms with van der Waals surface area (Å²) in [6.45, 7) is 0.622. The van der Waals surface area contributed by atoms with Gasteiger partial charge in [0.05, 0.1) is 6.61 Å². The van der Waals surface area contributed by atoms with Gasteiger partial charge in [0.1, 0.15) is 4.99 Å². The third-order valence-corrected chi connectivity index (χ3v) is 2.99. The van der Waals surface area contributed by atoms with Crippen LogP contribution in [0.3, 0.4) is 0 Å². The van der Waals surface area contributed by atoms with E-state index < -0.39 is 0 Å². The number of ether oxygens (including phenoxy) is 1. The maximum atomic E-state index is 5.74. The second-order valence-electron chi connectivity index (χ2n) is 4.04. The fourth-order valence-electron chi connectivity index (χ4n) is 1.90. The molecule has 0 atom stereocenters. The molecule has 2 rings (SSSR count). The molecule has 0 aliphatic rings. The van der Waals surface area contributed by atoms with Crippen molar-refractivity contribution in [2.45, 2.75) is 6.61 Å². The van der Waals surface area contributed by atoms with Gasteiger partial charge in [-0.1, -0.05) is 60.7 Å². The Morgan fingerprint density at radius 3 is 2.39 bits per heavy atom. The molecule has 0 unspecified atom stereocenters. The van der Waals surface area contributed by atoms with Crippen LogP contribution in [-0.2, 0) is 11.3 Å². The molecule has 0 aliphatic carbocycles. The molecule has 0 saturated heterocycles. The van der Waals surface area contributed by atoms with E-state index in [1.165, 1.54) is 0 Å². The maximum Gasteiger partial charge on any atom is 0.104 e. The topological polar surface area (TPSA) is 35.2 Å². The standard InChI is InChI=1S/C15H15NOS/c1-17-10-11-6-8-12(9-7-11)13-4-2-3-5-14(13)15(16)18/h2-9H,10H2,1H3,(H2,16,18). The van der Waals surface area contributed by atoms with Gasteiger partial charge in [-0.3, -0.25) is 0 Å². The summed E-state index contributed by atoms with van der Waals surface area (Å²) in [5, 5.41) is 0. The molecule has 0 bridgehead atoms. The van der Waals surface area contributed by atoms with Crippen LogP contribution in [0.25, 0.3) is 11.1 Å². The van der Waals surface area contributed by atoms with Gasteiger partial charge in [-0.2, -0.15) is 0 Å². The van der Waals surface area contributed by atoms with E-state index in [1.54, 1.807) is 7.11 Å². The maximum absolute atomic E-state index is 5.74. The molecule has 2 N–H and O–H groups in total. The highest BCUT2D eigenvalue weighted by molar-refractivity contribution is 7.80. The van der Waals surface area contributed by atoms with Crippen LogP contribution in [0.1, 0.15) is 11.1 Å². The molecule has 0 radical (unpaired) electrons. The molecule has 0 aliphatic heterocycles. The van der Waals surface area contributed by atoms with Crippen molar-refractivity contribution in [3.63, 3.8) is 0 Å². The van der Waals surface area contributed by atoms with E-state index in [4.69, 9.17) is 22.7 Å². The first-order chi connectivity index (χ1) is 8.72. The number of rotatable bonds is 4. The van der Waals surface area contributed by atoms with Crippen LogP contribution in [0.5, 0.6) is 0 Å². The molecule has 2 aromatic rings. The summed E-state index contributed by atoms with van der Waals surface area (Å²) in [6.07, 6.45) is 0. The zero-order chi connectivity index (χ0) is 13.0. The molecule has 0 aromatic heterocycles. The summed E-state index contributed by atoms with van der Waals surface area (Å²) in [4.78, 5) is 0.423. The van der Waals surface area contributed by atoms with Crippen LogP contribution >= 0.6 is 12.2 Å². The Morgan fingerprint density at radius 1 is 1.11 bits per heavy atom. The Kier molecular flexibility index (Phi) is 4.07. The van der Waals surface area contributed by atoms with Gasteiger partial charge in [0.15, 0.2) is 0 Å². The van der Waals surface area contributed by atoms with E-state index in [0.717, 1.165) is 22.3 Å². The van der Waals surface area contributed by atoms with Crippen LogP contribution in [-0.4, -0.2) is 12.1 Å². The summed E-state index contributed by atoms with van der Waals surface area (Å²) in [5.41, 5.74) is 9.97. The second-order valence-corrected chi connectivity index (χ2v) is 4.48. The smallest absolute Gasteiger partial charge is 0.104 e. The largest absolute Gasteiger partial charge is 0.389 e. The van der Waals surface area contributed by atoms with Crippen molar-refractivity contribution in [3.05, 3.63) is 59.7 Å². The van der Waals surface area contributed by atoms with Gasteiger partial charge < -0.3 is 10.5 Å². The SMILES string of the molecule is COCc1ccc(-c2ccccc2C(N)=S)cc1. The lowest BCUT2D eigenvalue weighted by atomic mass is 9.99. The van der Waals surface area contributed by atoms with Gasteiger partial charge in [0.25, 0.3) is 0 Å². The van der Waals surface area contributed by atoms with E-state index in [2.05, 4.69) is 24.3 Å². The lowest BCUT2D eigenvalue weighted by Crippen LogP contribution is -2.10. The lowest BCUT2D eigenvalue weighted by Gasteiger charge is -2.09. The number of thiocarbonyl (C=S) groups is 1. The van der Waals surface area contributed by atoms with Crippen molar-refractivity contribution in [3.8, 4) is 11.1 Å². The number of hydrogen-bond donors (Lipinski definition) is 1. The van der Waals surface area contributed by atoms with Crippen LogP contribution in [0, 0.1) is 0 Å². The van der Waals surface area contributed by atoms with Crippen molar-refractivity contribution in [2.75, 3.05) is 7.11 Å². The average Bonchev–Trinajstić information content (AvgIpc) is 2.40. The van der Waals surface area contributed by atoms with Gasteiger partial charge in [0.2, 0.25) is 0 Å². The normalized spacial score (nSPS) is 10.3. The van der Waals surface area contributed by atoms with Gasteiger partial charge in [-0.15, -0.1) is 0 Å². The van der Waals surface area contributed by atoms with Gasteiger partial charge >= 0.3 is 0 Å². The predicted octanol–water partition coefficient (Wildman–Crippen LogP) is 3.13. The second kappa shape index (κ2) is 5.76. The first kappa shape index (κ1) is 12.7. The highest BCUT2D eigenvalue weighted by atomic mass is 32.1.